The summed E-state index contributed by atoms with van der Waals surface area (Å²) >= 11 is 21.0. The monoisotopic (exact) mass is 918 g/mol. The zero-order valence-electron chi connectivity index (χ0n) is 34.7. The summed E-state index contributed by atoms with van der Waals surface area (Å²) in [6.45, 7) is 12.1. The fraction of sp³-hybridized carbons (Fsp3) is 0.364. The first-order valence-electron chi connectivity index (χ1n) is 20.2. The van der Waals surface area contributed by atoms with Crippen LogP contribution in [0.3, 0.4) is 0 Å². The number of piperidine rings is 2. The molecule has 8 rings (SSSR count). The summed E-state index contributed by atoms with van der Waals surface area (Å²) in [4.78, 5) is 54.6. The Labute approximate surface area is 380 Å². The molecule has 61 heavy (non-hydrogen) atoms. The van der Waals surface area contributed by atoms with Crippen molar-refractivity contribution in [3.8, 4) is 0 Å². The van der Waals surface area contributed by atoms with E-state index in [1.54, 1.807) is 31.5 Å². The van der Waals surface area contributed by atoms with Gasteiger partial charge in [0.1, 0.15) is 34.3 Å². The first-order valence-corrected chi connectivity index (χ1v) is 23.0. The van der Waals surface area contributed by atoms with Gasteiger partial charge in [-0.3, -0.25) is 9.59 Å². The number of halogens is 3. The van der Waals surface area contributed by atoms with Crippen molar-refractivity contribution in [1.82, 2.24) is 35.2 Å². The molecule has 0 radical (unpaired) electrons. The molecule has 0 atom stereocenters. The molecule has 6 aromatic rings. The lowest BCUT2D eigenvalue weighted by molar-refractivity contribution is 0.0988. The van der Waals surface area contributed by atoms with Crippen LogP contribution in [0, 0.1) is 27.7 Å². The van der Waals surface area contributed by atoms with Gasteiger partial charge in [-0.1, -0.05) is 88.2 Å². The number of carbonyl (C=O) groups excluding carboxylic acids is 2. The van der Waals surface area contributed by atoms with Gasteiger partial charge < -0.3 is 20.9 Å². The normalized spacial score (nSPS) is 13.7. The van der Waals surface area contributed by atoms with E-state index >= 15 is 0 Å². The van der Waals surface area contributed by atoms with Gasteiger partial charge in [0.05, 0.1) is 22.1 Å². The van der Waals surface area contributed by atoms with Crippen LogP contribution >= 0.6 is 57.5 Å². The Kier molecular flexibility index (Phi) is 16.9. The summed E-state index contributed by atoms with van der Waals surface area (Å²) in [6, 6.07) is 14.8. The van der Waals surface area contributed by atoms with E-state index in [1.807, 2.05) is 57.2 Å². The summed E-state index contributed by atoms with van der Waals surface area (Å²) in [5, 5.41) is 12.3. The fourth-order valence-corrected chi connectivity index (χ4v) is 9.04. The number of nitrogens with zero attached hydrogens (tertiary/aromatic N) is 7. The number of benzene rings is 2. The Morgan fingerprint density at radius 1 is 0.656 bits per heavy atom. The quantitative estimate of drug-likeness (QED) is 0.0838. The Hall–Kier alpha value is -4.57. The van der Waals surface area contributed by atoms with Gasteiger partial charge >= 0.3 is 0 Å². The molecule has 320 valence electrons. The second-order valence-electron chi connectivity index (χ2n) is 14.7. The fourth-order valence-electron chi connectivity index (χ4n) is 6.71. The standard InChI is InChI=1S/C22H24ClN5OS.C17H14Cl2N4OS.C5H11N/c1-14-7-6-8-17(23)16(14)11-18(29)19-13-24-22(30-19)27-20-12-21(26-15(2)25-20)28-9-4-3-5-10-28;1-9-4-3-5-12(18)11(9)6-13(24)14-8-20-17(25-14)23-16-7-15(19)21-10(2)22-16;1-2-4-6-5-3-1/h6-8,12-13H,3-5,9-11H2,1-2H3,(H,24,25,26,27);3-5,7-8H,6H2,1-2H3,(H,20,21,22,23);6H,1-5H2. The number of ketones is 2. The largest absolute Gasteiger partial charge is 0.356 e. The highest BCUT2D eigenvalue weighted by atomic mass is 35.5. The lowest BCUT2D eigenvalue weighted by Gasteiger charge is -2.28. The molecule has 2 aromatic carbocycles. The third-order valence-corrected chi connectivity index (χ3v) is 12.7. The molecule has 6 heterocycles. The van der Waals surface area contributed by atoms with Crippen LogP contribution in [0.1, 0.15) is 91.8 Å². The number of hydrogen-bond donors (Lipinski definition) is 3. The van der Waals surface area contributed by atoms with E-state index in [4.69, 9.17) is 34.8 Å². The molecule has 2 aliphatic rings. The van der Waals surface area contributed by atoms with Crippen molar-refractivity contribution in [3.63, 3.8) is 0 Å². The van der Waals surface area contributed by atoms with E-state index in [-0.39, 0.29) is 24.4 Å². The maximum Gasteiger partial charge on any atom is 0.188 e. The Bertz CT molecular complexity index is 2360. The number of hydrogen-bond acceptors (Lipinski definition) is 14. The number of Topliss-reactive ketones (excluding diaryl/α,β-unsaturated/α-hetero) is 2. The molecule has 0 aliphatic carbocycles. The number of anilines is 5. The summed E-state index contributed by atoms with van der Waals surface area (Å²) < 4.78 is 0. The first-order chi connectivity index (χ1) is 29.4. The third-order valence-electron chi connectivity index (χ3n) is 9.93. The molecule has 3 N–H and O–H groups in total. The molecule has 2 fully saturated rings. The molecule has 0 unspecified atom stereocenters. The van der Waals surface area contributed by atoms with E-state index in [1.165, 1.54) is 74.3 Å². The van der Waals surface area contributed by atoms with Crippen LogP contribution in [0.15, 0.2) is 60.9 Å². The summed E-state index contributed by atoms with van der Waals surface area (Å²) in [5.74, 6) is 3.40. The van der Waals surface area contributed by atoms with Crippen molar-refractivity contribution in [1.29, 1.82) is 0 Å². The van der Waals surface area contributed by atoms with Gasteiger partial charge in [-0.05, 0) is 107 Å². The minimum absolute atomic E-state index is 0.00428. The molecule has 12 nitrogen and oxygen atoms in total. The van der Waals surface area contributed by atoms with Gasteiger partial charge in [0.2, 0.25) is 0 Å². The van der Waals surface area contributed by atoms with E-state index in [0.29, 0.717) is 58.5 Å². The molecule has 2 aliphatic heterocycles. The van der Waals surface area contributed by atoms with E-state index in [2.05, 4.69) is 50.8 Å². The Morgan fingerprint density at radius 3 is 1.61 bits per heavy atom. The van der Waals surface area contributed by atoms with Gasteiger partial charge in [0.15, 0.2) is 21.8 Å². The van der Waals surface area contributed by atoms with Crippen LogP contribution in [-0.4, -0.2) is 67.6 Å². The predicted molar refractivity (Wildman–Crippen MR) is 251 cm³/mol. The van der Waals surface area contributed by atoms with Crippen molar-refractivity contribution in [3.05, 3.63) is 120 Å². The smallest absolute Gasteiger partial charge is 0.188 e. The van der Waals surface area contributed by atoms with Gasteiger partial charge in [-0.25, -0.2) is 29.9 Å². The van der Waals surface area contributed by atoms with E-state index < -0.39 is 0 Å². The number of carbonyl (C=O) groups is 2. The topological polar surface area (TPSA) is 151 Å². The summed E-state index contributed by atoms with van der Waals surface area (Å²) in [7, 11) is 0. The highest BCUT2D eigenvalue weighted by Crippen LogP contribution is 2.29. The number of nitrogens with one attached hydrogen (secondary N) is 3. The minimum Gasteiger partial charge on any atom is -0.356 e. The number of rotatable bonds is 11. The second kappa shape index (κ2) is 22.5. The summed E-state index contributed by atoms with van der Waals surface area (Å²) in [5.41, 5.74) is 3.72. The number of thiazole rings is 2. The lowest BCUT2D eigenvalue weighted by atomic mass is 10.0. The Morgan fingerprint density at radius 2 is 1.15 bits per heavy atom. The predicted octanol–water partition coefficient (Wildman–Crippen LogP) is 11.1. The van der Waals surface area contributed by atoms with Crippen LogP contribution < -0.4 is 20.9 Å². The van der Waals surface area contributed by atoms with Crippen molar-refractivity contribution >= 4 is 96.8 Å². The van der Waals surface area contributed by atoms with Crippen molar-refractivity contribution in [2.24, 2.45) is 0 Å². The van der Waals surface area contributed by atoms with Crippen molar-refractivity contribution in [2.45, 2.75) is 79.1 Å². The van der Waals surface area contributed by atoms with Gasteiger partial charge in [-0.15, -0.1) is 0 Å². The SMILES string of the molecule is C1CCNCC1.Cc1nc(Cl)cc(Nc2ncc(C(=O)Cc3c(C)cccc3Cl)s2)n1.Cc1nc(Nc2ncc(C(=O)Cc3c(C)cccc3Cl)s2)cc(N2CCCCC2)n1. The van der Waals surface area contributed by atoms with Crippen LogP contribution in [-0.2, 0) is 12.8 Å². The van der Waals surface area contributed by atoms with Gasteiger partial charge in [0.25, 0.3) is 0 Å². The zero-order valence-corrected chi connectivity index (χ0v) is 38.6. The zero-order chi connectivity index (χ0) is 43.3. The van der Waals surface area contributed by atoms with Crippen LogP contribution in [0.25, 0.3) is 0 Å². The molecule has 17 heteroatoms. The third kappa shape index (κ3) is 13.7. The van der Waals surface area contributed by atoms with Crippen LogP contribution in [0.5, 0.6) is 0 Å². The molecule has 0 bridgehead atoms. The number of aryl methyl sites for hydroxylation is 4. The van der Waals surface area contributed by atoms with Gasteiger partial charge in [-0.2, -0.15) is 0 Å². The highest BCUT2D eigenvalue weighted by Gasteiger charge is 2.18. The first kappa shape index (κ1) is 45.9. The molecule has 0 amide bonds. The van der Waals surface area contributed by atoms with Crippen molar-refractivity contribution in [2.75, 3.05) is 41.7 Å². The molecule has 0 spiro atoms. The van der Waals surface area contributed by atoms with Crippen LogP contribution in [0.4, 0.5) is 27.7 Å². The molecular weight excluding hydrogens is 871 g/mol. The number of aromatic nitrogens is 6. The highest BCUT2D eigenvalue weighted by molar-refractivity contribution is 7.17. The van der Waals surface area contributed by atoms with E-state index in [9.17, 15) is 9.59 Å². The maximum absolute atomic E-state index is 12.8. The van der Waals surface area contributed by atoms with Crippen LogP contribution in [0.2, 0.25) is 15.2 Å². The van der Waals surface area contributed by atoms with Crippen molar-refractivity contribution < 1.29 is 9.59 Å². The maximum atomic E-state index is 12.8. The molecule has 0 saturated carbocycles. The lowest BCUT2D eigenvalue weighted by Crippen LogP contribution is -2.30. The Balaban J connectivity index is 0.000000181. The molecule has 4 aromatic heterocycles. The minimum atomic E-state index is -0.0290. The molecule has 2 saturated heterocycles. The second-order valence-corrected chi connectivity index (χ2v) is 18.0. The average Bonchev–Trinajstić information content (AvgIpc) is 3.92. The summed E-state index contributed by atoms with van der Waals surface area (Å²) in [6.07, 6.45) is 11.5. The van der Waals surface area contributed by atoms with Gasteiger partial charge in [0, 0.05) is 48.1 Å². The molecular formula is C44H49Cl3N10O2S2. The average molecular weight is 920 g/mol. The van der Waals surface area contributed by atoms with E-state index in [0.717, 1.165) is 41.2 Å².